The number of fused-ring (bicyclic) bond motifs is 1. The fourth-order valence-electron chi connectivity index (χ4n) is 2.90. The number of carbonyl (C=O) groups is 1. The van der Waals surface area contributed by atoms with Crippen LogP contribution in [0.2, 0.25) is 0 Å². The standard InChI is InChI=1S/C20H24N2O3/c1-2-10-21-20(23)22-17(11-15-6-4-3-5-7-15)12-16-8-9-18-19(13-16)25-14-24-18/h3-9,13,17H,2,10-12,14H2,1H3,(H2,21,22,23). The van der Waals surface area contributed by atoms with Crippen molar-refractivity contribution in [2.75, 3.05) is 13.3 Å². The molecular weight excluding hydrogens is 316 g/mol. The zero-order valence-corrected chi connectivity index (χ0v) is 14.5. The van der Waals surface area contributed by atoms with Gasteiger partial charge in [-0.2, -0.15) is 0 Å². The van der Waals surface area contributed by atoms with E-state index in [0.717, 1.165) is 36.3 Å². The summed E-state index contributed by atoms with van der Waals surface area (Å²) in [5, 5.41) is 5.98. The van der Waals surface area contributed by atoms with Crippen molar-refractivity contribution in [3.8, 4) is 11.5 Å². The van der Waals surface area contributed by atoms with E-state index in [1.54, 1.807) is 0 Å². The predicted molar refractivity (Wildman–Crippen MR) is 97.0 cm³/mol. The fourth-order valence-corrected chi connectivity index (χ4v) is 2.90. The van der Waals surface area contributed by atoms with Gasteiger partial charge in [-0.1, -0.05) is 43.3 Å². The summed E-state index contributed by atoms with van der Waals surface area (Å²) in [5.41, 5.74) is 2.31. The number of benzene rings is 2. The molecule has 132 valence electrons. The molecule has 25 heavy (non-hydrogen) atoms. The first-order chi connectivity index (χ1) is 12.2. The van der Waals surface area contributed by atoms with E-state index in [2.05, 4.69) is 22.8 Å². The van der Waals surface area contributed by atoms with Gasteiger partial charge in [0.25, 0.3) is 0 Å². The predicted octanol–water partition coefficient (Wildman–Crippen LogP) is 3.28. The molecule has 1 aliphatic rings. The van der Waals surface area contributed by atoms with E-state index >= 15 is 0 Å². The van der Waals surface area contributed by atoms with Crippen LogP contribution in [-0.2, 0) is 12.8 Å². The maximum Gasteiger partial charge on any atom is 0.315 e. The molecule has 1 heterocycles. The second kappa shape index (κ2) is 8.42. The molecule has 5 heteroatoms. The minimum Gasteiger partial charge on any atom is -0.454 e. The number of urea groups is 1. The number of nitrogens with one attached hydrogen (secondary N) is 2. The average Bonchev–Trinajstić information content (AvgIpc) is 3.08. The van der Waals surface area contributed by atoms with E-state index in [9.17, 15) is 4.79 Å². The molecule has 2 aromatic carbocycles. The molecule has 0 aliphatic carbocycles. The highest BCUT2D eigenvalue weighted by molar-refractivity contribution is 5.74. The summed E-state index contributed by atoms with van der Waals surface area (Å²) in [6, 6.07) is 16.0. The van der Waals surface area contributed by atoms with Gasteiger partial charge >= 0.3 is 6.03 Å². The topological polar surface area (TPSA) is 59.6 Å². The zero-order valence-electron chi connectivity index (χ0n) is 14.5. The van der Waals surface area contributed by atoms with Gasteiger partial charge in [-0.25, -0.2) is 4.79 Å². The Hall–Kier alpha value is -2.69. The summed E-state index contributed by atoms with van der Waals surface area (Å²) in [5.74, 6) is 1.54. The maximum atomic E-state index is 12.1. The lowest BCUT2D eigenvalue weighted by Crippen LogP contribution is -2.44. The normalized spacial score (nSPS) is 13.3. The monoisotopic (exact) mass is 340 g/mol. The van der Waals surface area contributed by atoms with Crippen LogP contribution in [0.1, 0.15) is 24.5 Å². The molecule has 0 radical (unpaired) electrons. The molecule has 1 atom stereocenters. The van der Waals surface area contributed by atoms with Crippen molar-refractivity contribution in [1.29, 1.82) is 0 Å². The van der Waals surface area contributed by atoms with Crippen molar-refractivity contribution in [2.45, 2.75) is 32.2 Å². The quantitative estimate of drug-likeness (QED) is 0.813. The number of carbonyl (C=O) groups excluding carboxylic acids is 1. The summed E-state index contributed by atoms with van der Waals surface area (Å²) < 4.78 is 10.8. The molecule has 2 N–H and O–H groups in total. The summed E-state index contributed by atoms with van der Waals surface area (Å²) in [6.07, 6.45) is 2.42. The van der Waals surface area contributed by atoms with Crippen molar-refractivity contribution in [2.24, 2.45) is 0 Å². The lowest BCUT2D eigenvalue weighted by molar-refractivity contribution is 0.174. The van der Waals surface area contributed by atoms with E-state index in [-0.39, 0.29) is 18.9 Å². The van der Waals surface area contributed by atoms with Crippen molar-refractivity contribution < 1.29 is 14.3 Å². The summed E-state index contributed by atoms with van der Waals surface area (Å²) >= 11 is 0. The van der Waals surface area contributed by atoms with Gasteiger partial charge in [-0.15, -0.1) is 0 Å². The SMILES string of the molecule is CCCNC(=O)NC(Cc1ccccc1)Cc1ccc2c(c1)OCO2. The summed E-state index contributed by atoms with van der Waals surface area (Å²) in [6.45, 7) is 2.98. The molecule has 0 bridgehead atoms. The maximum absolute atomic E-state index is 12.1. The van der Waals surface area contributed by atoms with Crippen LogP contribution in [0.15, 0.2) is 48.5 Å². The Balaban J connectivity index is 1.69. The van der Waals surface area contributed by atoms with Crippen LogP contribution in [0.3, 0.4) is 0 Å². The Kier molecular flexibility index (Phi) is 5.77. The lowest BCUT2D eigenvalue weighted by atomic mass is 9.99. The molecule has 2 aromatic rings. The lowest BCUT2D eigenvalue weighted by Gasteiger charge is -2.20. The first-order valence-electron chi connectivity index (χ1n) is 8.71. The third-order valence-corrected chi connectivity index (χ3v) is 4.11. The number of amides is 2. The summed E-state index contributed by atoms with van der Waals surface area (Å²) in [7, 11) is 0. The Labute approximate surface area is 148 Å². The Morgan fingerprint density at radius 2 is 1.80 bits per heavy atom. The highest BCUT2D eigenvalue weighted by atomic mass is 16.7. The molecule has 0 spiro atoms. The molecular formula is C20H24N2O3. The van der Waals surface area contributed by atoms with Crippen molar-refractivity contribution in [3.05, 3.63) is 59.7 Å². The van der Waals surface area contributed by atoms with E-state index < -0.39 is 0 Å². The smallest absolute Gasteiger partial charge is 0.315 e. The second-order valence-electron chi connectivity index (χ2n) is 6.18. The second-order valence-corrected chi connectivity index (χ2v) is 6.18. The van der Waals surface area contributed by atoms with Crippen LogP contribution in [0.4, 0.5) is 4.79 Å². The van der Waals surface area contributed by atoms with Gasteiger partial charge in [0, 0.05) is 12.6 Å². The fraction of sp³-hybridized carbons (Fsp3) is 0.350. The van der Waals surface area contributed by atoms with Crippen LogP contribution in [0, 0.1) is 0 Å². The average molecular weight is 340 g/mol. The van der Waals surface area contributed by atoms with E-state index in [0.29, 0.717) is 6.54 Å². The third kappa shape index (κ3) is 4.89. The van der Waals surface area contributed by atoms with Crippen molar-refractivity contribution >= 4 is 6.03 Å². The number of rotatable bonds is 7. The van der Waals surface area contributed by atoms with Gasteiger partial charge in [-0.3, -0.25) is 0 Å². The van der Waals surface area contributed by atoms with Crippen LogP contribution in [-0.4, -0.2) is 25.4 Å². The molecule has 1 aliphatic heterocycles. The van der Waals surface area contributed by atoms with E-state index in [1.165, 1.54) is 5.56 Å². The van der Waals surface area contributed by atoms with Crippen molar-refractivity contribution in [1.82, 2.24) is 10.6 Å². The first-order valence-corrected chi connectivity index (χ1v) is 8.71. The molecule has 0 aromatic heterocycles. The van der Waals surface area contributed by atoms with Gasteiger partial charge in [0.2, 0.25) is 6.79 Å². The van der Waals surface area contributed by atoms with Gasteiger partial charge in [0.05, 0.1) is 0 Å². The van der Waals surface area contributed by atoms with E-state index in [1.807, 2.05) is 43.3 Å². The zero-order chi connectivity index (χ0) is 17.5. The van der Waals surface area contributed by atoms with Gasteiger partial charge < -0.3 is 20.1 Å². The van der Waals surface area contributed by atoms with Crippen LogP contribution < -0.4 is 20.1 Å². The van der Waals surface area contributed by atoms with Crippen LogP contribution in [0.5, 0.6) is 11.5 Å². The Bertz CT molecular complexity index is 703. The molecule has 3 rings (SSSR count). The minimum absolute atomic E-state index is 0.000345. The molecule has 0 saturated carbocycles. The van der Waals surface area contributed by atoms with E-state index in [4.69, 9.17) is 9.47 Å². The van der Waals surface area contributed by atoms with Crippen LogP contribution >= 0.6 is 0 Å². The number of hydrogen-bond donors (Lipinski definition) is 2. The van der Waals surface area contributed by atoms with Gasteiger partial charge in [-0.05, 0) is 42.5 Å². The highest BCUT2D eigenvalue weighted by Crippen LogP contribution is 2.32. The number of ether oxygens (including phenoxy) is 2. The summed E-state index contributed by atoms with van der Waals surface area (Å²) in [4.78, 5) is 12.1. The molecule has 1 unspecified atom stereocenters. The third-order valence-electron chi connectivity index (χ3n) is 4.11. The Morgan fingerprint density at radius 1 is 1.04 bits per heavy atom. The van der Waals surface area contributed by atoms with Crippen molar-refractivity contribution in [3.63, 3.8) is 0 Å². The van der Waals surface area contributed by atoms with Gasteiger partial charge in [0.1, 0.15) is 0 Å². The number of hydrogen-bond acceptors (Lipinski definition) is 3. The Morgan fingerprint density at radius 3 is 2.60 bits per heavy atom. The molecule has 0 saturated heterocycles. The first kappa shape index (κ1) is 17.1. The molecule has 0 fully saturated rings. The molecule has 2 amide bonds. The largest absolute Gasteiger partial charge is 0.454 e. The molecule has 5 nitrogen and oxygen atoms in total. The minimum atomic E-state index is -0.122. The van der Waals surface area contributed by atoms with Gasteiger partial charge in [0.15, 0.2) is 11.5 Å². The van der Waals surface area contributed by atoms with Crippen LogP contribution in [0.25, 0.3) is 0 Å². The highest BCUT2D eigenvalue weighted by Gasteiger charge is 2.17.